The third-order valence-electron chi connectivity index (χ3n) is 2.54. The second-order valence-electron chi connectivity index (χ2n) is 5.10. The maximum Gasteiger partial charge on any atom is 0.0521 e. The highest BCUT2D eigenvalue weighted by molar-refractivity contribution is 5.06. The Balaban J connectivity index is 2.59. The number of aliphatic hydroxyl groups is 1. The van der Waals surface area contributed by atoms with Crippen LogP contribution in [0.4, 0.5) is 0 Å². The van der Waals surface area contributed by atoms with Crippen molar-refractivity contribution in [2.75, 3.05) is 0 Å². The summed E-state index contributed by atoms with van der Waals surface area (Å²) in [5.74, 6) is 0. The van der Waals surface area contributed by atoms with Gasteiger partial charge < -0.3 is 5.11 Å². The highest BCUT2D eigenvalue weighted by Crippen LogP contribution is 2.27. The molecule has 1 rings (SSSR count). The van der Waals surface area contributed by atoms with E-state index in [0.717, 1.165) is 19.4 Å². The van der Waals surface area contributed by atoms with Crippen molar-refractivity contribution in [3.8, 4) is 0 Å². The van der Waals surface area contributed by atoms with Gasteiger partial charge in [0.05, 0.1) is 12.3 Å². The zero-order valence-electron chi connectivity index (χ0n) is 10.2. The smallest absolute Gasteiger partial charge is 0.0521 e. The van der Waals surface area contributed by atoms with Crippen LogP contribution >= 0.6 is 0 Å². The van der Waals surface area contributed by atoms with Gasteiger partial charge in [-0.15, -0.1) is 0 Å². The predicted octanol–water partition coefficient (Wildman–Crippen LogP) is 2.24. The van der Waals surface area contributed by atoms with Gasteiger partial charge in [-0.2, -0.15) is 5.10 Å². The average molecular weight is 210 g/mol. The summed E-state index contributed by atoms with van der Waals surface area (Å²) in [5.41, 5.74) is 1.39. The SMILES string of the molecule is CCn1cc(CC(C)(C)CC(C)O)cn1. The molecule has 0 aliphatic heterocycles. The normalized spacial score (nSPS) is 14.2. The van der Waals surface area contributed by atoms with E-state index in [1.54, 1.807) is 0 Å². The van der Waals surface area contributed by atoms with Gasteiger partial charge in [0.1, 0.15) is 0 Å². The first-order chi connectivity index (χ1) is 6.93. The first kappa shape index (κ1) is 12.2. The van der Waals surface area contributed by atoms with Gasteiger partial charge in [0, 0.05) is 12.7 Å². The van der Waals surface area contributed by atoms with Gasteiger partial charge in [-0.1, -0.05) is 13.8 Å². The van der Waals surface area contributed by atoms with Crippen LogP contribution < -0.4 is 0 Å². The van der Waals surface area contributed by atoms with Crippen LogP contribution in [0, 0.1) is 5.41 Å². The van der Waals surface area contributed by atoms with Crippen LogP contribution in [0.3, 0.4) is 0 Å². The lowest BCUT2D eigenvalue weighted by molar-refractivity contribution is 0.129. The summed E-state index contributed by atoms with van der Waals surface area (Å²) in [7, 11) is 0. The highest BCUT2D eigenvalue weighted by Gasteiger charge is 2.21. The Hall–Kier alpha value is -0.830. The van der Waals surface area contributed by atoms with E-state index in [-0.39, 0.29) is 11.5 Å². The van der Waals surface area contributed by atoms with Gasteiger partial charge in [-0.3, -0.25) is 4.68 Å². The maximum atomic E-state index is 9.40. The van der Waals surface area contributed by atoms with Gasteiger partial charge in [0.2, 0.25) is 0 Å². The van der Waals surface area contributed by atoms with Crippen LogP contribution in [-0.4, -0.2) is 21.0 Å². The first-order valence-electron chi connectivity index (χ1n) is 5.62. The van der Waals surface area contributed by atoms with Gasteiger partial charge in [-0.25, -0.2) is 0 Å². The molecule has 0 bridgehead atoms. The lowest BCUT2D eigenvalue weighted by Crippen LogP contribution is -2.20. The van der Waals surface area contributed by atoms with Crippen molar-refractivity contribution in [2.24, 2.45) is 5.41 Å². The number of rotatable bonds is 5. The zero-order chi connectivity index (χ0) is 11.5. The molecule has 3 heteroatoms. The Kier molecular flexibility index (Phi) is 3.91. The fraction of sp³-hybridized carbons (Fsp3) is 0.750. The Morgan fingerprint density at radius 1 is 1.53 bits per heavy atom. The molecule has 1 heterocycles. The number of hydrogen-bond acceptors (Lipinski definition) is 2. The monoisotopic (exact) mass is 210 g/mol. The lowest BCUT2D eigenvalue weighted by Gasteiger charge is -2.25. The molecule has 3 nitrogen and oxygen atoms in total. The molecule has 0 saturated heterocycles. The molecule has 86 valence electrons. The molecule has 0 radical (unpaired) electrons. The van der Waals surface area contributed by atoms with E-state index in [2.05, 4.69) is 32.1 Å². The summed E-state index contributed by atoms with van der Waals surface area (Å²) in [6.45, 7) is 9.21. The summed E-state index contributed by atoms with van der Waals surface area (Å²) in [5, 5.41) is 13.6. The molecule has 0 saturated carbocycles. The van der Waals surface area contributed by atoms with E-state index in [0.29, 0.717) is 0 Å². The molecule has 1 N–H and O–H groups in total. The Morgan fingerprint density at radius 2 is 2.20 bits per heavy atom. The van der Waals surface area contributed by atoms with Gasteiger partial charge in [0.15, 0.2) is 0 Å². The molecular weight excluding hydrogens is 188 g/mol. The second-order valence-corrected chi connectivity index (χ2v) is 5.10. The van der Waals surface area contributed by atoms with Crippen molar-refractivity contribution < 1.29 is 5.11 Å². The molecule has 0 aromatic carbocycles. The Morgan fingerprint density at radius 3 is 2.67 bits per heavy atom. The number of aryl methyl sites for hydroxylation is 1. The quantitative estimate of drug-likeness (QED) is 0.809. The Labute approximate surface area is 92.1 Å². The summed E-state index contributed by atoms with van der Waals surface area (Å²) in [6.07, 6.45) is 5.57. The molecule has 1 aromatic rings. The number of nitrogens with zero attached hydrogens (tertiary/aromatic N) is 2. The van der Waals surface area contributed by atoms with Crippen molar-refractivity contribution in [1.82, 2.24) is 9.78 Å². The van der Waals surface area contributed by atoms with Crippen molar-refractivity contribution >= 4 is 0 Å². The molecule has 0 fully saturated rings. The van der Waals surface area contributed by atoms with E-state index in [9.17, 15) is 5.11 Å². The van der Waals surface area contributed by atoms with Gasteiger partial charge in [0.25, 0.3) is 0 Å². The van der Waals surface area contributed by atoms with E-state index in [1.807, 2.05) is 17.8 Å². The van der Waals surface area contributed by atoms with Crippen LogP contribution in [0.15, 0.2) is 12.4 Å². The highest BCUT2D eigenvalue weighted by atomic mass is 16.3. The van der Waals surface area contributed by atoms with Crippen LogP contribution in [0.25, 0.3) is 0 Å². The van der Waals surface area contributed by atoms with Crippen molar-refractivity contribution in [2.45, 2.75) is 53.2 Å². The van der Waals surface area contributed by atoms with E-state index in [1.165, 1.54) is 5.56 Å². The van der Waals surface area contributed by atoms with Crippen LogP contribution in [0.5, 0.6) is 0 Å². The summed E-state index contributed by atoms with van der Waals surface area (Å²) >= 11 is 0. The zero-order valence-corrected chi connectivity index (χ0v) is 10.2. The molecule has 1 unspecified atom stereocenters. The summed E-state index contributed by atoms with van der Waals surface area (Å²) in [6, 6.07) is 0. The van der Waals surface area contributed by atoms with Crippen molar-refractivity contribution in [1.29, 1.82) is 0 Å². The van der Waals surface area contributed by atoms with Crippen LogP contribution in [-0.2, 0) is 13.0 Å². The van der Waals surface area contributed by atoms with Gasteiger partial charge >= 0.3 is 0 Å². The second kappa shape index (κ2) is 4.79. The van der Waals surface area contributed by atoms with Crippen molar-refractivity contribution in [3.05, 3.63) is 18.0 Å². The fourth-order valence-electron chi connectivity index (χ4n) is 2.10. The summed E-state index contributed by atoms with van der Waals surface area (Å²) < 4.78 is 1.94. The predicted molar refractivity (Wildman–Crippen MR) is 61.7 cm³/mol. The minimum Gasteiger partial charge on any atom is -0.393 e. The largest absolute Gasteiger partial charge is 0.393 e. The number of hydrogen-bond donors (Lipinski definition) is 1. The van der Waals surface area contributed by atoms with E-state index in [4.69, 9.17) is 0 Å². The molecular formula is C12H22N2O. The van der Waals surface area contributed by atoms with Crippen LogP contribution in [0.2, 0.25) is 0 Å². The molecule has 0 aliphatic rings. The van der Waals surface area contributed by atoms with Crippen LogP contribution in [0.1, 0.15) is 39.7 Å². The maximum absolute atomic E-state index is 9.40. The molecule has 15 heavy (non-hydrogen) atoms. The third-order valence-corrected chi connectivity index (χ3v) is 2.54. The standard InChI is InChI=1S/C12H22N2O/c1-5-14-9-11(8-13-14)7-12(3,4)6-10(2)15/h8-10,15H,5-7H2,1-4H3. The average Bonchev–Trinajstić information content (AvgIpc) is 2.48. The number of aromatic nitrogens is 2. The molecule has 0 aliphatic carbocycles. The summed E-state index contributed by atoms with van der Waals surface area (Å²) in [4.78, 5) is 0. The molecule has 0 spiro atoms. The Bertz CT molecular complexity index is 302. The fourth-order valence-corrected chi connectivity index (χ4v) is 2.10. The molecule has 1 aromatic heterocycles. The van der Waals surface area contributed by atoms with E-state index >= 15 is 0 Å². The number of aliphatic hydroxyl groups excluding tert-OH is 1. The lowest BCUT2D eigenvalue weighted by atomic mass is 9.82. The third kappa shape index (κ3) is 4.04. The first-order valence-corrected chi connectivity index (χ1v) is 5.62. The van der Waals surface area contributed by atoms with E-state index < -0.39 is 0 Å². The van der Waals surface area contributed by atoms with Crippen molar-refractivity contribution in [3.63, 3.8) is 0 Å². The minimum atomic E-state index is -0.235. The topological polar surface area (TPSA) is 38.0 Å². The minimum absolute atomic E-state index is 0.135. The molecule has 0 amide bonds. The molecule has 1 atom stereocenters. The van der Waals surface area contributed by atoms with Gasteiger partial charge in [-0.05, 0) is 37.7 Å².